The molecule has 1 aromatic rings. The number of sulfonamides is 1. The topological polar surface area (TPSA) is 55.4 Å². The second-order valence-corrected chi connectivity index (χ2v) is 6.67. The van der Waals surface area contributed by atoms with Crippen LogP contribution in [-0.4, -0.2) is 21.6 Å². The quantitative estimate of drug-likeness (QED) is 0.892. The van der Waals surface area contributed by atoms with E-state index in [0.29, 0.717) is 4.90 Å². The Morgan fingerprint density at radius 2 is 2.00 bits per heavy atom. The number of benzene rings is 1. The lowest BCUT2D eigenvalue weighted by molar-refractivity contribution is 0.407. The van der Waals surface area contributed by atoms with Crippen LogP contribution in [0.1, 0.15) is 38.2 Å². The molecule has 0 spiro atoms. The van der Waals surface area contributed by atoms with Crippen molar-refractivity contribution in [2.45, 2.75) is 43.5 Å². The highest BCUT2D eigenvalue weighted by atomic mass is 32.2. The Bertz CT molecular complexity index is 533. The van der Waals surface area contributed by atoms with Gasteiger partial charge in [-0.1, -0.05) is 13.8 Å². The van der Waals surface area contributed by atoms with Crippen molar-refractivity contribution in [3.63, 3.8) is 0 Å². The van der Waals surface area contributed by atoms with Crippen LogP contribution in [0.15, 0.2) is 23.1 Å². The Balaban J connectivity index is 2.36. The molecular formula is C13H19NO3S. The maximum Gasteiger partial charge on any atom is 0.240 e. The average molecular weight is 269 g/mol. The molecule has 0 heterocycles. The summed E-state index contributed by atoms with van der Waals surface area (Å²) in [5.41, 5.74) is 0.913. The molecule has 0 atom stereocenters. The van der Waals surface area contributed by atoms with Gasteiger partial charge < -0.3 is 4.74 Å². The Hall–Kier alpha value is -1.07. The maximum atomic E-state index is 12.1. The standard InChI is InChI=1S/C13H19NO3S/c1-9(2)12-8-11(6-7-13(12)17-3)18(15,16)14-10-4-5-10/h6-10,14H,4-5H2,1-3H3. The fourth-order valence-electron chi connectivity index (χ4n) is 1.82. The van der Waals surface area contributed by atoms with Crippen LogP contribution in [0.5, 0.6) is 5.75 Å². The highest BCUT2D eigenvalue weighted by Crippen LogP contribution is 2.29. The lowest BCUT2D eigenvalue weighted by atomic mass is 10.0. The van der Waals surface area contributed by atoms with Crippen LogP contribution in [0.2, 0.25) is 0 Å². The van der Waals surface area contributed by atoms with Gasteiger partial charge in [-0.05, 0) is 42.5 Å². The number of ether oxygens (including phenoxy) is 1. The summed E-state index contributed by atoms with van der Waals surface area (Å²) in [6.45, 7) is 4.03. The van der Waals surface area contributed by atoms with Crippen LogP contribution in [-0.2, 0) is 10.0 Å². The van der Waals surface area contributed by atoms with E-state index >= 15 is 0 Å². The van der Waals surface area contributed by atoms with E-state index in [4.69, 9.17) is 4.74 Å². The van der Waals surface area contributed by atoms with Crippen LogP contribution in [0, 0.1) is 0 Å². The molecule has 1 aliphatic carbocycles. The zero-order valence-electron chi connectivity index (χ0n) is 10.9. The van der Waals surface area contributed by atoms with E-state index in [1.807, 2.05) is 13.8 Å². The van der Waals surface area contributed by atoms with Gasteiger partial charge in [0.2, 0.25) is 10.0 Å². The molecule has 1 aromatic carbocycles. The maximum absolute atomic E-state index is 12.1. The van der Waals surface area contributed by atoms with Gasteiger partial charge in [-0.25, -0.2) is 13.1 Å². The predicted octanol–water partition coefficient (Wildman–Crippen LogP) is 2.26. The second-order valence-electron chi connectivity index (χ2n) is 4.95. The molecule has 0 amide bonds. The predicted molar refractivity (Wildman–Crippen MR) is 70.4 cm³/mol. The lowest BCUT2D eigenvalue weighted by Crippen LogP contribution is -2.25. The minimum absolute atomic E-state index is 0.125. The van der Waals surface area contributed by atoms with E-state index in [2.05, 4.69) is 4.72 Å². The van der Waals surface area contributed by atoms with Crippen molar-refractivity contribution in [3.05, 3.63) is 23.8 Å². The Labute approximate surface area is 108 Å². The van der Waals surface area contributed by atoms with Crippen molar-refractivity contribution in [1.82, 2.24) is 4.72 Å². The summed E-state index contributed by atoms with van der Waals surface area (Å²) in [4.78, 5) is 0.318. The molecule has 18 heavy (non-hydrogen) atoms. The van der Waals surface area contributed by atoms with E-state index in [1.54, 1.807) is 25.3 Å². The molecule has 1 saturated carbocycles. The van der Waals surface area contributed by atoms with Gasteiger partial charge in [0, 0.05) is 6.04 Å². The molecular weight excluding hydrogens is 250 g/mol. The Morgan fingerprint density at radius 1 is 1.33 bits per heavy atom. The third-order valence-corrected chi connectivity index (χ3v) is 4.55. The summed E-state index contributed by atoms with van der Waals surface area (Å²) < 4.78 is 32.1. The van der Waals surface area contributed by atoms with E-state index in [9.17, 15) is 8.42 Å². The minimum Gasteiger partial charge on any atom is -0.496 e. The van der Waals surface area contributed by atoms with Crippen molar-refractivity contribution >= 4 is 10.0 Å². The van der Waals surface area contributed by atoms with Crippen LogP contribution in [0.3, 0.4) is 0 Å². The number of methoxy groups -OCH3 is 1. The van der Waals surface area contributed by atoms with Crippen molar-refractivity contribution < 1.29 is 13.2 Å². The minimum atomic E-state index is -3.38. The fraction of sp³-hybridized carbons (Fsp3) is 0.538. The van der Waals surface area contributed by atoms with E-state index in [1.165, 1.54) is 0 Å². The number of hydrogen-bond donors (Lipinski definition) is 1. The van der Waals surface area contributed by atoms with Gasteiger partial charge >= 0.3 is 0 Å². The van der Waals surface area contributed by atoms with Crippen molar-refractivity contribution in [3.8, 4) is 5.75 Å². The molecule has 0 aliphatic heterocycles. The largest absolute Gasteiger partial charge is 0.496 e. The SMILES string of the molecule is COc1ccc(S(=O)(=O)NC2CC2)cc1C(C)C. The molecule has 2 rings (SSSR count). The number of hydrogen-bond acceptors (Lipinski definition) is 3. The lowest BCUT2D eigenvalue weighted by Gasteiger charge is -2.14. The summed E-state index contributed by atoms with van der Waals surface area (Å²) in [6, 6.07) is 5.14. The molecule has 1 N–H and O–H groups in total. The van der Waals surface area contributed by atoms with Gasteiger partial charge in [0.25, 0.3) is 0 Å². The van der Waals surface area contributed by atoms with E-state index in [-0.39, 0.29) is 12.0 Å². The Kier molecular flexibility index (Phi) is 3.64. The highest BCUT2D eigenvalue weighted by Gasteiger charge is 2.28. The third kappa shape index (κ3) is 2.84. The van der Waals surface area contributed by atoms with Gasteiger partial charge in [-0.15, -0.1) is 0 Å². The summed E-state index contributed by atoms with van der Waals surface area (Å²) in [5.74, 6) is 0.950. The Morgan fingerprint density at radius 3 is 2.50 bits per heavy atom. The second kappa shape index (κ2) is 4.90. The first-order valence-electron chi connectivity index (χ1n) is 6.14. The number of nitrogens with one attached hydrogen (secondary N) is 1. The monoisotopic (exact) mass is 269 g/mol. The van der Waals surface area contributed by atoms with Crippen LogP contribution < -0.4 is 9.46 Å². The van der Waals surface area contributed by atoms with Gasteiger partial charge in [0.1, 0.15) is 5.75 Å². The first-order valence-corrected chi connectivity index (χ1v) is 7.62. The fourth-order valence-corrected chi connectivity index (χ4v) is 3.16. The van der Waals surface area contributed by atoms with Gasteiger partial charge in [0.05, 0.1) is 12.0 Å². The van der Waals surface area contributed by atoms with Crippen molar-refractivity contribution in [2.75, 3.05) is 7.11 Å². The van der Waals surface area contributed by atoms with Crippen molar-refractivity contribution in [2.24, 2.45) is 0 Å². The van der Waals surface area contributed by atoms with Crippen LogP contribution in [0.4, 0.5) is 0 Å². The molecule has 0 bridgehead atoms. The van der Waals surface area contributed by atoms with Crippen LogP contribution in [0.25, 0.3) is 0 Å². The molecule has 0 radical (unpaired) electrons. The third-order valence-electron chi connectivity index (χ3n) is 3.03. The van der Waals surface area contributed by atoms with Gasteiger partial charge in [-0.2, -0.15) is 0 Å². The van der Waals surface area contributed by atoms with Crippen LogP contribution >= 0.6 is 0 Å². The summed E-state index contributed by atoms with van der Waals surface area (Å²) >= 11 is 0. The molecule has 5 heteroatoms. The zero-order chi connectivity index (χ0) is 13.3. The molecule has 0 unspecified atom stereocenters. The summed E-state index contributed by atoms with van der Waals surface area (Å²) in [7, 11) is -1.79. The first kappa shape index (κ1) is 13.4. The zero-order valence-corrected chi connectivity index (χ0v) is 11.8. The van der Waals surface area contributed by atoms with E-state index in [0.717, 1.165) is 24.2 Å². The smallest absolute Gasteiger partial charge is 0.240 e. The average Bonchev–Trinajstić information content (AvgIpc) is 3.11. The normalized spacial score (nSPS) is 16.0. The van der Waals surface area contributed by atoms with Crippen molar-refractivity contribution in [1.29, 1.82) is 0 Å². The summed E-state index contributed by atoms with van der Waals surface area (Å²) in [6.07, 6.45) is 1.87. The van der Waals surface area contributed by atoms with E-state index < -0.39 is 10.0 Å². The molecule has 100 valence electrons. The first-order chi connectivity index (χ1) is 8.44. The van der Waals surface area contributed by atoms with Gasteiger partial charge in [0.15, 0.2) is 0 Å². The molecule has 4 nitrogen and oxygen atoms in total. The molecule has 0 aromatic heterocycles. The summed E-state index contributed by atoms with van der Waals surface area (Å²) in [5, 5.41) is 0. The molecule has 0 saturated heterocycles. The molecule has 1 aliphatic rings. The number of rotatable bonds is 5. The molecule has 1 fully saturated rings. The highest BCUT2D eigenvalue weighted by molar-refractivity contribution is 7.89. The van der Waals surface area contributed by atoms with Gasteiger partial charge in [-0.3, -0.25) is 0 Å².